The first-order valence-corrected chi connectivity index (χ1v) is 7.89. The van der Waals surface area contributed by atoms with Gasteiger partial charge in [0.25, 0.3) is 11.6 Å². The highest BCUT2D eigenvalue weighted by Gasteiger charge is 2.23. The molecule has 3 N–H and O–H groups in total. The summed E-state index contributed by atoms with van der Waals surface area (Å²) in [6.45, 7) is 1.22. The highest BCUT2D eigenvalue weighted by Crippen LogP contribution is 2.20. The van der Waals surface area contributed by atoms with Crippen molar-refractivity contribution in [1.82, 2.24) is 5.32 Å². The van der Waals surface area contributed by atoms with E-state index >= 15 is 0 Å². The van der Waals surface area contributed by atoms with Crippen molar-refractivity contribution in [2.75, 3.05) is 0 Å². The van der Waals surface area contributed by atoms with Gasteiger partial charge in [0.1, 0.15) is 11.8 Å². The van der Waals surface area contributed by atoms with E-state index in [1.807, 2.05) is 0 Å². The maximum absolute atomic E-state index is 12.4. The third kappa shape index (κ3) is 5.36. The van der Waals surface area contributed by atoms with Gasteiger partial charge in [-0.25, -0.2) is 0 Å². The van der Waals surface area contributed by atoms with Crippen molar-refractivity contribution in [1.29, 1.82) is 0 Å². The summed E-state index contributed by atoms with van der Waals surface area (Å²) in [6.07, 6.45) is -0.137. The minimum Gasteiger partial charge on any atom is -0.427 e. The molecule has 2 amide bonds. The lowest BCUT2D eigenvalue weighted by atomic mass is 10.0. The molecular formula is C18H17N3O6. The van der Waals surface area contributed by atoms with Gasteiger partial charge in [0.15, 0.2) is 0 Å². The SMILES string of the molecule is CC(=O)Oc1cccc(C(=O)N[C@@H](Cc2ccccc2[N+](=O)[O-])C(N)=O)c1. The van der Waals surface area contributed by atoms with E-state index < -0.39 is 28.7 Å². The van der Waals surface area contributed by atoms with Crippen molar-refractivity contribution >= 4 is 23.5 Å². The Hall–Kier alpha value is -3.75. The maximum Gasteiger partial charge on any atom is 0.308 e. The topological polar surface area (TPSA) is 142 Å². The van der Waals surface area contributed by atoms with Crippen LogP contribution in [0.25, 0.3) is 0 Å². The Labute approximate surface area is 154 Å². The quantitative estimate of drug-likeness (QED) is 0.326. The van der Waals surface area contributed by atoms with Crippen LogP contribution in [0, 0.1) is 10.1 Å². The molecule has 27 heavy (non-hydrogen) atoms. The summed E-state index contributed by atoms with van der Waals surface area (Å²) in [5.41, 5.74) is 5.57. The average Bonchev–Trinajstić information content (AvgIpc) is 2.61. The van der Waals surface area contributed by atoms with E-state index in [9.17, 15) is 24.5 Å². The van der Waals surface area contributed by atoms with Crippen LogP contribution in [-0.2, 0) is 16.0 Å². The predicted octanol–water partition coefficient (Wildman–Crippen LogP) is 1.35. The minimum atomic E-state index is -1.16. The zero-order valence-electron chi connectivity index (χ0n) is 14.4. The molecule has 0 aliphatic rings. The fourth-order valence-corrected chi connectivity index (χ4v) is 2.41. The van der Waals surface area contributed by atoms with Crippen LogP contribution in [0.15, 0.2) is 48.5 Å². The van der Waals surface area contributed by atoms with Gasteiger partial charge >= 0.3 is 5.97 Å². The first-order chi connectivity index (χ1) is 12.8. The summed E-state index contributed by atoms with van der Waals surface area (Å²) < 4.78 is 4.91. The number of amides is 2. The van der Waals surface area contributed by atoms with E-state index in [0.717, 1.165) is 0 Å². The predicted molar refractivity (Wildman–Crippen MR) is 95.0 cm³/mol. The van der Waals surface area contributed by atoms with Crippen LogP contribution < -0.4 is 15.8 Å². The Kier molecular flexibility index (Phi) is 6.21. The molecule has 0 heterocycles. The number of rotatable bonds is 7. The zero-order chi connectivity index (χ0) is 20.0. The van der Waals surface area contributed by atoms with Gasteiger partial charge in [-0.05, 0) is 18.2 Å². The van der Waals surface area contributed by atoms with Crippen molar-refractivity contribution in [3.8, 4) is 5.75 Å². The Morgan fingerprint density at radius 2 is 1.89 bits per heavy atom. The molecule has 1 atom stereocenters. The van der Waals surface area contributed by atoms with Crippen LogP contribution in [0.1, 0.15) is 22.8 Å². The highest BCUT2D eigenvalue weighted by atomic mass is 16.6. The van der Waals surface area contributed by atoms with Gasteiger partial charge < -0.3 is 15.8 Å². The van der Waals surface area contributed by atoms with Gasteiger partial charge in [-0.2, -0.15) is 0 Å². The number of nitro groups is 1. The minimum absolute atomic E-state index is 0.137. The second kappa shape index (κ2) is 8.56. The summed E-state index contributed by atoms with van der Waals surface area (Å²) in [6, 6.07) is 10.5. The number of esters is 1. The highest BCUT2D eigenvalue weighted by molar-refractivity contribution is 5.97. The zero-order valence-corrected chi connectivity index (χ0v) is 14.4. The van der Waals surface area contributed by atoms with Gasteiger partial charge in [0.05, 0.1) is 4.92 Å². The second-order valence-corrected chi connectivity index (χ2v) is 5.64. The molecule has 0 saturated heterocycles. The molecule has 0 fully saturated rings. The molecule has 0 aromatic heterocycles. The number of nitrogens with zero attached hydrogens (tertiary/aromatic N) is 1. The van der Waals surface area contributed by atoms with Crippen molar-refractivity contribution < 1.29 is 24.0 Å². The number of ether oxygens (including phenoxy) is 1. The molecule has 2 rings (SSSR count). The van der Waals surface area contributed by atoms with Gasteiger partial charge in [0.2, 0.25) is 5.91 Å². The van der Waals surface area contributed by atoms with Gasteiger partial charge in [-0.1, -0.05) is 24.3 Å². The lowest BCUT2D eigenvalue weighted by molar-refractivity contribution is -0.385. The van der Waals surface area contributed by atoms with Crippen LogP contribution in [0.4, 0.5) is 5.69 Å². The van der Waals surface area contributed by atoms with Crippen LogP contribution in [0.2, 0.25) is 0 Å². The smallest absolute Gasteiger partial charge is 0.308 e. The fourth-order valence-electron chi connectivity index (χ4n) is 2.41. The summed E-state index contributed by atoms with van der Waals surface area (Å²) in [7, 11) is 0. The number of para-hydroxylation sites is 1. The van der Waals surface area contributed by atoms with E-state index in [0.29, 0.717) is 0 Å². The summed E-state index contributed by atoms with van der Waals surface area (Å²) >= 11 is 0. The number of benzene rings is 2. The van der Waals surface area contributed by atoms with Crippen LogP contribution in [-0.4, -0.2) is 28.7 Å². The number of primary amides is 1. The van der Waals surface area contributed by atoms with E-state index in [1.54, 1.807) is 6.07 Å². The molecule has 0 saturated carbocycles. The van der Waals surface area contributed by atoms with E-state index in [-0.39, 0.29) is 29.0 Å². The molecule has 0 unspecified atom stereocenters. The van der Waals surface area contributed by atoms with Crippen LogP contribution >= 0.6 is 0 Å². The third-order valence-electron chi connectivity index (χ3n) is 3.62. The molecule has 9 heteroatoms. The number of hydrogen-bond donors (Lipinski definition) is 2. The molecule has 0 bridgehead atoms. The first-order valence-electron chi connectivity index (χ1n) is 7.89. The van der Waals surface area contributed by atoms with Crippen LogP contribution in [0.3, 0.4) is 0 Å². The number of nitrogens with one attached hydrogen (secondary N) is 1. The molecule has 9 nitrogen and oxygen atoms in total. The van der Waals surface area contributed by atoms with E-state index in [4.69, 9.17) is 10.5 Å². The van der Waals surface area contributed by atoms with Crippen LogP contribution in [0.5, 0.6) is 5.75 Å². The van der Waals surface area contributed by atoms with Crippen molar-refractivity contribution in [2.24, 2.45) is 5.73 Å². The number of hydrogen-bond acceptors (Lipinski definition) is 6. The first kappa shape index (κ1) is 19.6. The number of nitro benzene ring substituents is 1. The molecule has 0 radical (unpaired) electrons. The Bertz CT molecular complexity index is 896. The van der Waals surface area contributed by atoms with Gasteiger partial charge in [0, 0.05) is 30.5 Å². The lowest BCUT2D eigenvalue weighted by Crippen LogP contribution is -2.45. The number of carbonyl (C=O) groups is 3. The summed E-state index contributed by atoms with van der Waals surface area (Å²) in [5.74, 6) is -1.84. The Morgan fingerprint density at radius 3 is 2.52 bits per heavy atom. The van der Waals surface area contributed by atoms with Crippen molar-refractivity contribution in [3.63, 3.8) is 0 Å². The molecule has 2 aromatic rings. The lowest BCUT2D eigenvalue weighted by Gasteiger charge is -2.16. The molecule has 0 aliphatic carbocycles. The van der Waals surface area contributed by atoms with Gasteiger partial charge in [-0.15, -0.1) is 0 Å². The largest absolute Gasteiger partial charge is 0.427 e. The Morgan fingerprint density at radius 1 is 1.19 bits per heavy atom. The summed E-state index contributed by atoms with van der Waals surface area (Å²) in [4.78, 5) is 45.7. The maximum atomic E-state index is 12.4. The third-order valence-corrected chi connectivity index (χ3v) is 3.62. The van der Waals surface area contributed by atoms with E-state index in [1.165, 1.54) is 49.4 Å². The number of nitrogens with two attached hydrogens (primary N) is 1. The number of carbonyl (C=O) groups excluding carboxylic acids is 3. The molecule has 140 valence electrons. The van der Waals surface area contributed by atoms with Crippen molar-refractivity contribution in [3.05, 3.63) is 69.8 Å². The van der Waals surface area contributed by atoms with Gasteiger partial charge in [-0.3, -0.25) is 24.5 Å². The normalized spacial score (nSPS) is 11.3. The molecule has 0 spiro atoms. The summed E-state index contributed by atoms with van der Waals surface area (Å²) in [5, 5.41) is 13.6. The molecule has 0 aliphatic heterocycles. The second-order valence-electron chi connectivity index (χ2n) is 5.64. The van der Waals surface area contributed by atoms with Crippen molar-refractivity contribution in [2.45, 2.75) is 19.4 Å². The standard InChI is InChI=1S/C18H17N3O6/c1-11(22)27-14-7-4-6-13(9-14)18(24)20-15(17(19)23)10-12-5-2-3-8-16(12)21(25)26/h2-9,15H,10H2,1H3,(H2,19,23)(H,20,24)/t15-/m0/s1. The monoisotopic (exact) mass is 371 g/mol. The average molecular weight is 371 g/mol. The molecule has 2 aromatic carbocycles. The fraction of sp³-hybridized carbons (Fsp3) is 0.167. The van der Waals surface area contributed by atoms with E-state index in [2.05, 4.69) is 5.32 Å². The molecular weight excluding hydrogens is 354 g/mol. The Balaban J connectivity index is 2.19.